The number of hydrogen-bond acceptors (Lipinski definition) is 3. The first kappa shape index (κ1) is 12.0. The Morgan fingerprint density at radius 1 is 1.29 bits per heavy atom. The minimum absolute atomic E-state index is 0.157. The van der Waals surface area contributed by atoms with Crippen molar-refractivity contribution in [1.82, 2.24) is 5.32 Å². The summed E-state index contributed by atoms with van der Waals surface area (Å²) < 4.78 is 5.65. The molecule has 1 saturated heterocycles. The van der Waals surface area contributed by atoms with Crippen LogP contribution in [0.15, 0.2) is 0 Å². The summed E-state index contributed by atoms with van der Waals surface area (Å²) in [6.45, 7) is 8.42. The van der Waals surface area contributed by atoms with Gasteiger partial charge in [-0.15, -0.1) is 0 Å². The van der Waals surface area contributed by atoms with Gasteiger partial charge in [-0.25, -0.2) is 0 Å². The van der Waals surface area contributed by atoms with Gasteiger partial charge in [0.25, 0.3) is 0 Å². The van der Waals surface area contributed by atoms with Gasteiger partial charge in [0.2, 0.25) is 0 Å². The molecule has 14 heavy (non-hydrogen) atoms. The first-order valence-electron chi connectivity index (χ1n) is 5.48. The topological polar surface area (TPSA) is 41.5 Å². The van der Waals surface area contributed by atoms with E-state index in [2.05, 4.69) is 5.32 Å². The minimum Gasteiger partial charge on any atom is -0.387 e. The van der Waals surface area contributed by atoms with Gasteiger partial charge in [-0.3, -0.25) is 0 Å². The maximum atomic E-state index is 10.2. The molecule has 0 bridgehead atoms. The zero-order chi connectivity index (χ0) is 10.7. The van der Waals surface area contributed by atoms with E-state index in [1.165, 1.54) is 0 Å². The molecular weight excluding hydrogens is 178 g/mol. The van der Waals surface area contributed by atoms with Gasteiger partial charge < -0.3 is 15.2 Å². The number of hydrogen-bond donors (Lipinski definition) is 2. The van der Waals surface area contributed by atoms with Crippen LogP contribution in [0.3, 0.4) is 0 Å². The molecule has 1 heterocycles. The molecule has 0 aromatic heterocycles. The molecule has 0 saturated carbocycles. The fourth-order valence-electron chi connectivity index (χ4n) is 1.61. The molecule has 0 radical (unpaired) electrons. The molecule has 84 valence electrons. The van der Waals surface area contributed by atoms with Crippen LogP contribution in [0.4, 0.5) is 0 Å². The lowest BCUT2D eigenvalue weighted by Crippen LogP contribution is -2.38. The Hall–Kier alpha value is -0.120. The highest BCUT2D eigenvalue weighted by atomic mass is 16.5. The molecular formula is C11H23NO2. The lowest BCUT2D eigenvalue weighted by atomic mass is 9.96. The second kappa shape index (κ2) is 4.60. The molecule has 1 fully saturated rings. The summed E-state index contributed by atoms with van der Waals surface area (Å²) in [5.41, 5.74) is -0.772. The molecule has 2 N–H and O–H groups in total. The number of ether oxygens (including phenoxy) is 1. The highest BCUT2D eigenvalue weighted by Gasteiger charge is 2.29. The molecule has 0 aromatic rings. The normalized spacial score (nSPS) is 30.0. The van der Waals surface area contributed by atoms with Gasteiger partial charge in [0.05, 0.1) is 17.8 Å². The van der Waals surface area contributed by atoms with Gasteiger partial charge in [0.1, 0.15) is 0 Å². The van der Waals surface area contributed by atoms with E-state index in [-0.39, 0.29) is 5.60 Å². The quantitative estimate of drug-likeness (QED) is 0.707. The van der Waals surface area contributed by atoms with Crippen LogP contribution in [-0.2, 0) is 4.74 Å². The molecule has 0 aromatic carbocycles. The van der Waals surface area contributed by atoms with Crippen molar-refractivity contribution in [2.24, 2.45) is 0 Å². The predicted octanol–water partition coefficient (Wildman–Crippen LogP) is 1.31. The van der Waals surface area contributed by atoms with Crippen molar-refractivity contribution < 1.29 is 9.84 Å². The molecule has 1 aliphatic rings. The SMILES string of the molecule is CC(C)(C)OCC1(O)CCCNCC1. The molecule has 1 rings (SSSR count). The Balaban J connectivity index is 2.39. The first-order chi connectivity index (χ1) is 6.41. The zero-order valence-electron chi connectivity index (χ0n) is 9.60. The lowest BCUT2D eigenvalue weighted by Gasteiger charge is -2.30. The highest BCUT2D eigenvalue weighted by Crippen LogP contribution is 2.22. The van der Waals surface area contributed by atoms with E-state index < -0.39 is 5.60 Å². The molecule has 0 spiro atoms. The summed E-state index contributed by atoms with van der Waals surface area (Å²) in [5, 5.41) is 13.5. The molecule has 1 unspecified atom stereocenters. The van der Waals surface area contributed by atoms with E-state index in [1.54, 1.807) is 0 Å². The van der Waals surface area contributed by atoms with Gasteiger partial charge in [0, 0.05) is 0 Å². The summed E-state index contributed by atoms with van der Waals surface area (Å²) in [4.78, 5) is 0. The monoisotopic (exact) mass is 201 g/mol. The molecule has 0 amide bonds. The van der Waals surface area contributed by atoms with E-state index in [0.717, 1.165) is 32.4 Å². The third-order valence-corrected chi connectivity index (χ3v) is 2.54. The summed E-state index contributed by atoms with van der Waals surface area (Å²) >= 11 is 0. The van der Waals surface area contributed by atoms with Crippen molar-refractivity contribution in [3.8, 4) is 0 Å². The average molecular weight is 201 g/mol. The lowest BCUT2D eigenvalue weighted by molar-refractivity contribution is -0.103. The van der Waals surface area contributed by atoms with Crippen LogP contribution < -0.4 is 5.32 Å². The predicted molar refractivity (Wildman–Crippen MR) is 57.4 cm³/mol. The zero-order valence-corrected chi connectivity index (χ0v) is 9.60. The summed E-state index contributed by atoms with van der Waals surface area (Å²) in [6, 6.07) is 0. The Morgan fingerprint density at radius 3 is 2.64 bits per heavy atom. The second-order valence-corrected chi connectivity index (χ2v) is 5.23. The van der Waals surface area contributed by atoms with Crippen LogP contribution >= 0.6 is 0 Å². The Morgan fingerprint density at radius 2 is 2.00 bits per heavy atom. The summed E-state index contributed by atoms with van der Waals surface area (Å²) in [5.74, 6) is 0. The first-order valence-corrected chi connectivity index (χ1v) is 5.48. The Kier molecular flexibility index (Phi) is 3.93. The number of nitrogens with one attached hydrogen (secondary N) is 1. The van der Waals surface area contributed by atoms with Crippen molar-refractivity contribution >= 4 is 0 Å². The van der Waals surface area contributed by atoms with Crippen LogP contribution in [0.2, 0.25) is 0 Å². The maximum Gasteiger partial charge on any atom is 0.0893 e. The van der Waals surface area contributed by atoms with Gasteiger partial charge in [-0.05, 0) is 53.1 Å². The third kappa shape index (κ3) is 4.40. The van der Waals surface area contributed by atoms with Crippen LogP contribution in [0.1, 0.15) is 40.0 Å². The molecule has 3 nitrogen and oxygen atoms in total. The van der Waals surface area contributed by atoms with Crippen LogP contribution in [0.25, 0.3) is 0 Å². The molecule has 1 atom stereocenters. The van der Waals surface area contributed by atoms with Gasteiger partial charge in [-0.1, -0.05) is 0 Å². The van der Waals surface area contributed by atoms with Crippen molar-refractivity contribution in [2.45, 2.75) is 51.2 Å². The van der Waals surface area contributed by atoms with Crippen molar-refractivity contribution in [3.63, 3.8) is 0 Å². The molecule has 0 aliphatic carbocycles. The summed E-state index contributed by atoms with van der Waals surface area (Å²) in [7, 11) is 0. The number of aliphatic hydroxyl groups is 1. The fourth-order valence-corrected chi connectivity index (χ4v) is 1.61. The fraction of sp³-hybridized carbons (Fsp3) is 1.00. The van der Waals surface area contributed by atoms with Crippen molar-refractivity contribution in [1.29, 1.82) is 0 Å². The smallest absolute Gasteiger partial charge is 0.0893 e. The summed E-state index contributed by atoms with van der Waals surface area (Å²) in [6.07, 6.45) is 2.67. The van der Waals surface area contributed by atoms with Crippen molar-refractivity contribution in [3.05, 3.63) is 0 Å². The average Bonchev–Trinajstić information content (AvgIpc) is 2.27. The van der Waals surface area contributed by atoms with Crippen molar-refractivity contribution in [2.75, 3.05) is 19.7 Å². The van der Waals surface area contributed by atoms with Crippen LogP contribution in [0, 0.1) is 0 Å². The maximum absolute atomic E-state index is 10.2. The van der Waals surface area contributed by atoms with Gasteiger partial charge in [0.15, 0.2) is 0 Å². The van der Waals surface area contributed by atoms with Gasteiger partial charge >= 0.3 is 0 Å². The third-order valence-electron chi connectivity index (χ3n) is 2.54. The second-order valence-electron chi connectivity index (χ2n) is 5.23. The largest absolute Gasteiger partial charge is 0.387 e. The van der Waals surface area contributed by atoms with E-state index in [4.69, 9.17) is 4.74 Å². The standard InChI is InChI=1S/C11H23NO2/c1-10(2,3)14-9-11(13)5-4-7-12-8-6-11/h12-13H,4-9H2,1-3H3. The van der Waals surface area contributed by atoms with Crippen LogP contribution in [0.5, 0.6) is 0 Å². The van der Waals surface area contributed by atoms with E-state index in [0.29, 0.717) is 6.61 Å². The van der Waals surface area contributed by atoms with E-state index >= 15 is 0 Å². The molecule has 1 aliphatic heterocycles. The van der Waals surface area contributed by atoms with E-state index in [1.807, 2.05) is 20.8 Å². The minimum atomic E-state index is -0.614. The number of rotatable bonds is 2. The Labute approximate surface area is 86.8 Å². The molecule has 3 heteroatoms. The highest BCUT2D eigenvalue weighted by molar-refractivity contribution is 4.83. The van der Waals surface area contributed by atoms with E-state index in [9.17, 15) is 5.11 Å². The van der Waals surface area contributed by atoms with Gasteiger partial charge in [-0.2, -0.15) is 0 Å². The van der Waals surface area contributed by atoms with Crippen LogP contribution in [-0.4, -0.2) is 36.0 Å². The Bertz CT molecular complexity index is 167.